The first-order valence-corrected chi connectivity index (χ1v) is 12.2. The van der Waals surface area contributed by atoms with Gasteiger partial charge in [-0.2, -0.15) is 0 Å². The van der Waals surface area contributed by atoms with Gasteiger partial charge in [0.15, 0.2) is 11.9 Å². The molecule has 0 aromatic carbocycles. The second kappa shape index (κ2) is 18.2. The Kier molecular flexibility index (Phi) is 16.3. The first-order valence-electron chi connectivity index (χ1n) is 12.2. The highest BCUT2D eigenvalue weighted by Gasteiger charge is 2.14. The summed E-state index contributed by atoms with van der Waals surface area (Å²) in [4.78, 5) is 0. The Morgan fingerprint density at radius 1 is 0.750 bits per heavy atom. The minimum Gasteiger partial charge on any atom is -0.381 e. The number of aryl methyl sites for hydroxylation is 1. The second-order valence-electron chi connectivity index (χ2n) is 8.60. The van der Waals surface area contributed by atoms with Crippen molar-refractivity contribution in [3.05, 3.63) is 30.1 Å². The van der Waals surface area contributed by atoms with Crippen LogP contribution in [0.25, 0.3) is 0 Å². The van der Waals surface area contributed by atoms with Crippen molar-refractivity contribution in [3.8, 4) is 0 Å². The zero-order chi connectivity index (χ0) is 20.3. The highest BCUT2D eigenvalue weighted by Crippen LogP contribution is 2.15. The zero-order valence-electron chi connectivity index (χ0n) is 19.3. The Morgan fingerprint density at radius 3 is 1.71 bits per heavy atom. The number of ether oxygens (including phenoxy) is 1. The molecule has 0 spiro atoms. The topological polar surface area (TPSA) is 13.1 Å². The van der Waals surface area contributed by atoms with E-state index in [9.17, 15) is 0 Å². The molecule has 0 radical (unpaired) electrons. The number of nitrogens with zero attached hydrogens (tertiary/aromatic N) is 1. The summed E-state index contributed by atoms with van der Waals surface area (Å²) in [6.45, 7) is 2.29. The molecule has 0 amide bonds. The molecule has 1 aromatic rings. The number of unbranched alkanes of at least 4 members (excludes halogenated alkanes) is 14. The fourth-order valence-corrected chi connectivity index (χ4v) is 4.05. The van der Waals surface area contributed by atoms with Gasteiger partial charge in [0, 0.05) is 19.2 Å². The summed E-state index contributed by atoms with van der Waals surface area (Å²) in [5, 5.41) is 0. The minimum atomic E-state index is 0.357. The Balaban J connectivity index is 1.88. The van der Waals surface area contributed by atoms with E-state index in [0.29, 0.717) is 6.10 Å². The lowest BCUT2D eigenvalue weighted by molar-refractivity contribution is -0.679. The monoisotopic (exact) mass is 390 g/mol. The van der Waals surface area contributed by atoms with Crippen LogP contribution in [0.15, 0.2) is 24.4 Å². The van der Waals surface area contributed by atoms with Gasteiger partial charge in [0.25, 0.3) is 0 Å². The zero-order valence-corrected chi connectivity index (χ0v) is 19.3. The number of pyridine rings is 1. The molecule has 162 valence electrons. The normalized spacial score (nSPS) is 12.4. The molecule has 0 aliphatic heterocycles. The lowest BCUT2D eigenvalue weighted by Gasteiger charge is -2.14. The van der Waals surface area contributed by atoms with Crippen LogP contribution < -0.4 is 4.57 Å². The molecule has 1 unspecified atom stereocenters. The molecule has 0 aliphatic carbocycles. The van der Waals surface area contributed by atoms with Gasteiger partial charge in [-0.05, 0) is 6.42 Å². The summed E-state index contributed by atoms with van der Waals surface area (Å²) in [6, 6.07) is 6.41. The molecule has 0 fully saturated rings. The van der Waals surface area contributed by atoms with Gasteiger partial charge < -0.3 is 4.74 Å². The third-order valence-electron chi connectivity index (χ3n) is 6.06. The standard InChI is InChI=1S/C26H48NO/c1-4-5-6-7-8-9-10-11-12-13-14-15-16-17-18-22-26(28-3)24-25-21-19-20-23-27(25)2/h19-21,23,26H,4-18,22,24H2,1-3H3/q+1. The Labute approximate surface area is 176 Å². The third kappa shape index (κ3) is 13.3. The summed E-state index contributed by atoms with van der Waals surface area (Å²) in [6.07, 6.45) is 26.0. The molecule has 0 N–H and O–H groups in total. The molecule has 2 heteroatoms. The van der Waals surface area contributed by atoms with Crippen LogP contribution in [0.4, 0.5) is 0 Å². The van der Waals surface area contributed by atoms with Crippen molar-refractivity contribution < 1.29 is 9.30 Å². The van der Waals surface area contributed by atoms with Gasteiger partial charge in [0.1, 0.15) is 7.05 Å². The van der Waals surface area contributed by atoms with Crippen LogP contribution in [0, 0.1) is 0 Å². The smallest absolute Gasteiger partial charge is 0.183 e. The molecular formula is C26H48NO+. The van der Waals surface area contributed by atoms with E-state index in [1.165, 1.54) is 108 Å². The van der Waals surface area contributed by atoms with Crippen LogP contribution in [-0.2, 0) is 18.2 Å². The lowest BCUT2D eigenvalue weighted by atomic mass is 10.0. The fraction of sp³-hybridized carbons (Fsp3) is 0.808. The maximum absolute atomic E-state index is 5.72. The molecule has 1 aromatic heterocycles. The van der Waals surface area contributed by atoms with Crippen LogP contribution in [-0.4, -0.2) is 13.2 Å². The van der Waals surface area contributed by atoms with Gasteiger partial charge in [-0.25, -0.2) is 4.57 Å². The van der Waals surface area contributed by atoms with E-state index >= 15 is 0 Å². The molecule has 0 aliphatic rings. The Bertz CT molecular complexity index is 460. The first-order chi connectivity index (χ1) is 13.8. The van der Waals surface area contributed by atoms with Gasteiger partial charge in [-0.1, -0.05) is 109 Å². The quantitative estimate of drug-likeness (QED) is 0.178. The average molecular weight is 391 g/mol. The van der Waals surface area contributed by atoms with E-state index in [1.54, 1.807) is 0 Å². The van der Waals surface area contributed by atoms with Crippen molar-refractivity contribution in [2.24, 2.45) is 7.05 Å². The van der Waals surface area contributed by atoms with Crippen molar-refractivity contribution in [1.82, 2.24) is 0 Å². The predicted octanol–water partition coefficient (Wildman–Crippen LogP) is 7.33. The van der Waals surface area contributed by atoms with E-state index in [0.717, 1.165) is 6.42 Å². The first kappa shape index (κ1) is 25.1. The summed E-state index contributed by atoms with van der Waals surface area (Å²) >= 11 is 0. The maximum Gasteiger partial charge on any atom is 0.183 e. The largest absolute Gasteiger partial charge is 0.381 e. The summed E-state index contributed by atoms with van der Waals surface area (Å²) < 4.78 is 7.92. The van der Waals surface area contributed by atoms with E-state index < -0.39 is 0 Å². The Morgan fingerprint density at radius 2 is 1.25 bits per heavy atom. The molecule has 1 rings (SSSR count). The predicted molar refractivity (Wildman–Crippen MR) is 122 cm³/mol. The molecule has 1 atom stereocenters. The molecule has 0 saturated carbocycles. The van der Waals surface area contributed by atoms with Gasteiger partial charge in [0.2, 0.25) is 0 Å². The van der Waals surface area contributed by atoms with E-state index in [2.05, 4.69) is 42.9 Å². The van der Waals surface area contributed by atoms with Gasteiger partial charge in [-0.3, -0.25) is 0 Å². The van der Waals surface area contributed by atoms with Crippen molar-refractivity contribution in [1.29, 1.82) is 0 Å². The molecule has 28 heavy (non-hydrogen) atoms. The van der Waals surface area contributed by atoms with Crippen molar-refractivity contribution in [3.63, 3.8) is 0 Å². The van der Waals surface area contributed by atoms with Crippen LogP contribution >= 0.6 is 0 Å². The van der Waals surface area contributed by atoms with Crippen LogP contribution in [0.2, 0.25) is 0 Å². The summed E-state index contributed by atoms with van der Waals surface area (Å²) in [5.74, 6) is 0. The van der Waals surface area contributed by atoms with E-state index in [4.69, 9.17) is 4.74 Å². The molecule has 0 saturated heterocycles. The van der Waals surface area contributed by atoms with E-state index in [-0.39, 0.29) is 0 Å². The van der Waals surface area contributed by atoms with Gasteiger partial charge in [-0.15, -0.1) is 0 Å². The molecule has 2 nitrogen and oxygen atoms in total. The number of aromatic nitrogens is 1. The van der Waals surface area contributed by atoms with Crippen molar-refractivity contribution >= 4 is 0 Å². The third-order valence-corrected chi connectivity index (χ3v) is 6.06. The number of hydrogen-bond donors (Lipinski definition) is 0. The average Bonchev–Trinajstić information content (AvgIpc) is 2.71. The van der Waals surface area contributed by atoms with Gasteiger partial charge in [0.05, 0.1) is 12.5 Å². The van der Waals surface area contributed by atoms with Crippen LogP contribution in [0.1, 0.15) is 115 Å². The highest BCUT2D eigenvalue weighted by atomic mass is 16.5. The van der Waals surface area contributed by atoms with Crippen LogP contribution in [0.3, 0.4) is 0 Å². The second-order valence-corrected chi connectivity index (χ2v) is 8.60. The van der Waals surface area contributed by atoms with Crippen LogP contribution in [0.5, 0.6) is 0 Å². The molecule has 0 bridgehead atoms. The number of rotatable bonds is 19. The SMILES string of the molecule is CCCCCCCCCCCCCCCCCC(Cc1cccc[n+]1C)OC. The number of hydrogen-bond acceptors (Lipinski definition) is 1. The Hall–Kier alpha value is -0.890. The molecule has 1 heterocycles. The van der Waals surface area contributed by atoms with Crippen molar-refractivity contribution in [2.45, 2.75) is 122 Å². The highest BCUT2D eigenvalue weighted by molar-refractivity contribution is 4.98. The summed E-state index contributed by atoms with van der Waals surface area (Å²) in [5.41, 5.74) is 1.36. The lowest BCUT2D eigenvalue weighted by Crippen LogP contribution is -2.35. The van der Waals surface area contributed by atoms with Crippen molar-refractivity contribution in [2.75, 3.05) is 7.11 Å². The summed E-state index contributed by atoms with van der Waals surface area (Å²) in [7, 11) is 3.98. The maximum atomic E-state index is 5.72. The molecular weight excluding hydrogens is 342 g/mol. The van der Waals surface area contributed by atoms with Gasteiger partial charge >= 0.3 is 0 Å². The van der Waals surface area contributed by atoms with E-state index in [1.807, 2.05) is 7.11 Å². The minimum absolute atomic E-state index is 0.357. The number of methoxy groups -OCH3 is 1. The fourth-order valence-electron chi connectivity index (χ4n) is 4.05.